The molecule has 0 aliphatic heterocycles. The summed E-state index contributed by atoms with van der Waals surface area (Å²) < 4.78 is 40.6. The highest BCUT2D eigenvalue weighted by Crippen LogP contribution is 2.32. The van der Waals surface area contributed by atoms with E-state index in [9.17, 15) is 13.2 Å². The molecule has 6 heteroatoms. The number of nitrogens with zero attached hydrogens (tertiary/aromatic N) is 1. The van der Waals surface area contributed by atoms with Crippen LogP contribution in [0.2, 0.25) is 5.02 Å². The molecule has 0 spiro atoms. The number of ether oxygens (including phenoxy) is 1. The minimum atomic E-state index is -4.71. The lowest BCUT2D eigenvalue weighted by Gasteiger charge is -2.11. The molecule has 1 heterocycles. The van der Waals surface area contributed by atoms with E-state index in [4.69, 9.17) is 11.6 Å². The third-order valence-corrected chi connectivity index (χ3v) is 3.52. The van der Waals surface area contributed by atoms with Gasteiger partial charge >= 0.3 is 6.36 Å². The lowest BCUT2D eigenvalue weighted by molar-refractivity contribution is -0.274. The van der Waals surface area contributed by atoms with Crippen LogP contribution in [-0.4, -0.2) is 11.3 Å². The van der Waals surface area contributed by atoms with Crippen LogP contribution in [0, 0.1) is 6.07 Å². The Bertz CT molecular complexity index is 830. The first-order valence-corrected chi connectivity index (χ1v) is 7.28. The summed E-state index contributed by atoms with van der Waals surface area (Å²) in [5.41, 5.74) is 2.99. The molecule has 0 atom stereocenters. The van der Waals surface area contributed by atoms with Gasteiger partial charge in [0, 0.05) is 28.4 Å². The summed E-state index contributed by atoms with van der Waals surface area (Å²) in [5, 5.41) is 0.608. The predicted molar refractivity (Wildman–Crippen MR) is 85.6 cm³/mol. The molecule has 0 N–H and O–H groups in total. The van der Waals surface area contributed by atoms with E-state index in [1.807, 2.05) is 12.1 Å². The fraction of sp³-hybridized carbons (Fsp3) is 0.0556. The van der Waals surface area contributed by atoms with E-state index in [0.29, 0.717) is 16.3 Å². The summed E-state index contributed by atoms with van der Waals surface area (Å²) >= 11 is 5.89. The van der Waals surface area contributed by atoms with E-state index in [0.717, 1.165) is 11.1 Å². The zero-order valence-electron chi connectivity index (χ0n) is 12.1. The average Bonchev–Trinajstić information content (AvgIpc) is 2.55. The number of pyridine rings is 1. The Labute approximate surface area is 141 Å². The molecular weight excluding hydrogens is 339 g/mol. The van der Waals surface area contributed by atoms with Crippen LogP contribution in [0.15, 0.2) is 60.8 Å². The van der Waals surface area contributed by atoms with Crippen molar-refractivity contribution in [1.82, 2.24) is 4.98 Å². The second-order valence-corrected chi connectivity index (χ2v) is 5.35. The van der Waals surface area contributed by atoms with Gasteiger partial charge in [0.15, 0.2) is 0 Å². The van der Waals surface area contributed by atoms with Crippen LogP contribution in [0.3, 0.4) is 0 Å². The van der Waals surface area contributed by atoms with E-state index in [1.54, 1.807) is 30.3 Å². The topological polar surface area (TPSA) is 22.1 Å². The predicted octanol–water partition coefficient (Wildman–Crippen LogP) is 5.77. The van der Waals surface area contributed by atoms with Crippen molar-refractivity contribution in [2.24, 2.45) is 0 Å². The normalized spacial score (nSPS) is 11.3. The summed E-state index contributed by atoms with van der Waals surface area (Å²) in [6.45, 7) is 0. The Morgan fingerprint density at radius 2 is 1.54 bits per heavy atom. The highest BCUT2D eigenvalue weighted by Gasteiger charge is 2.31. The number of alkyl halides is 3. The number of halogens is 4. The summed E-state index contributed by atoms with van der Waals surface area (Å²) in [7, 11) is 0. The minimum absolute atomic E-state index is 0.271. The molecule has 0 unspecified atom stereocenters. The Kier molecular flexibility index (Phi) is 4.44. The molecule has 0 saturated carbocycles. The number of aromatic nitrogens is 1. The number of rotatable bonds is 3. The first-order valence-electron chi connectivity index (χ1n) is 6.90. The molecule has 3 rings (SSSR count). The highest BCUT2D eigenvalue weighted by atomic mass is 35.5. The van der Waals surface area contributed by atoms with Crippen molar-refractivity contribution >= 4 is 11.6 Å². The van der Waals surface area contributed by atoms with E-state index < -0.39 is 6.36 Å². The standard InChI is InChI=1S/C18H10ClF3NO/c19-14-7-3-13(4-8-14)17-16(2-1-11-23-17)12-5-9-15(10-6-12)24-18(20,21)22/h2-11H. The second kappa shape index (κ2) is 6.53. The Morgan fingerprint density at radius 1 is 0.917 bits per heavy atom. The molecule has 1 radical (unpaired) electrons. The molecule has 3 aromatic rings. The van der Waals surface area contributed by atoms with Crippen LogP contribution >= 0.6 is 11.6 Å². The van der Waals surface area contributed by atoms with Gasteiger partial charge in [0.25, 0.3) is 0 Å². The van der Waals surface area contributed by atoms with Crippen LogP contribution in [0.4, 0.5) is 13.2 Å². The second-order valence-electron chi connectivity index (χ2n) is 4.91. The fourth-order valence-corrected chi connectivity index (χ4v) is 2.38. The van der Waals surface area contributed by atoms with Crippen molar-refractivity contribution in [2.45, 2.75) is 6.36 Å². The lowest BCUT2D eigenvalue weighted by Crippen LogP contribution is -2.16. The van der Waals surface area contributed by atoms with Crippen molar-refractivity contribution in [3.8, 4) is 28.1 Å². The third-order valence-electron chi connectivity index (χ3n) is 3.27. The maximum absolute atomic E-state index is 12.2. The molecule has 0 fully saturated rings. The molecule has 0 aliphatic rings. The third kappa shape index (κ3) is 3.86. The van der Waals surface area contributed by atoms with Crippen molar-refractivity contribution in [2.75, 3.05) is 0 Å². The van der Waals surface area contributed by atoms with E-state index in [1.165, 1.54) is 18.3 Å². The average molecular weight is 349 g/mol. The maximum atomic E-state index is 12.2. The summed E-state index contributed by atoms with van der Waals surface area (Å²) in [6, 6.07) is 17.4. The van der Waals surface area contributed by atoms with Crippen molar-refractivity contribution in [1.29, 1.82) is 0 Å². The summed E-state index contributed by atoms with van der Waals surface area (Å²) in [4.78, 5) is 4.33. The molecular formula is C18H10ClF3NO. The van der Waals surface area contributed by atoms with E-state index in [2.05, 4.69) is 15.8 Å². The highest BCUT2D eigenvalue weighted by molar-refractivity contribution is 6.30. The summed E-state index contributed by atoms with van der Waals surface area (Å²) in [5.74, 6) is -0.271. The molecule has 2 aromatic carbocycles. The first-order chi connectivity index (χ1) is 11.4. The van der Waals surface area contributed by atoms with Gasteiger partial charge in [-0.25, -0.2) is 0 Å². The number of benzene rings is 2. The number of hydrogen-bond donors (Lipinski definition) is 0. The lowest BCUT2D eigenvalue weighted by atomic mass is 9.99. The maximum Gasteiger partial charge on any atom is 0.573 e. The van der Waals surface area contributed by atoms with Crippen molar-refractivity contribution in [3.05, 3.63) is 71.9 Å². The zero-order chi connectivity index (χ0) is 17.2. The van der Waals surface area contributed by atoms with Gasteiger partial charge in [-0.3, -0.25) is 4.98 Å². The molecule has 2 nitrogen and oxygen atoms in total. The monoisotopic (exact) mass is 348 g/mol. The van der Waals surface area contributed by atoms with Crippen molar-refractivity contribution in [3.63, 3.8) is 0 Å². The molecule has 0 saturated heterocycles. The smallest absolute Gasteiger partial charge is 0.406 e. The van der Waals surface area contributed by atoms with Gasteiger partial charge < -0.3 is 4.74 Å². The van der Waals surface area contributed by atoms with Gasteiger partial charge in [-0.2, -0.15) is 0 Å². The van der Waals surface area contributed by atoms with E-state index in [-0.39, 0.29) is 5.75 Å². The number of hydrogen-bond acceptors (Lipinski definition) is 2. The molecule has 0 aliphatic carbocycles. The van der Waals surface area contributed by atoms with E-state index >= 15 is 0 Å². The quantitative estimate of drug-likeness (QED) is 0.599. The van der Waals surface area contributed by atoms with Gasteiger partial charge in [0.1, 0.15) is 5.75 Å². The van der Waals surface area contributed by atoms with Gasteiger partial charge in [-0.1, -0.05) is 35.9 Å². The summed E-state index contributed by atoms with van der Waals surface area (Å²) in [6.07, 6.45) is -3.17. The molecule has 1 aromatic heterocycles. The SMILES string of the molecule is FC(F)(F)Oc1ccc(-c2c[c]cnc2-c2ccc(Cl)cc2)cc1. The molecule has 24 heavy (non-hydrogen) atoms. The van der Waals surface area contributed by atoms with Gasteiger partial charge in [-0.05, 0) is 35.9 Å². The van der Waals surface area contributed by atoms with Crippen LogP contribution in [-0.2, 0) is 0 Å². The van der Waals surface area contributed by atoms with Gasteiger partial charge in [0.05, 0.1) is 5.69 Å². The molecule has 121 valence electrons. The molecule has 0 bridgehead atoms. The Hall–Kier alpha value is -2.53. The largest absolute Gasteiger partial charge is 0.573 e. The molecule has 0 amide bonds. The van der Waals surface area contributed by atoms with Crippen LogP contribution in [0.25, 0.3) is 22.4 Å². The minimum Gasteiger partial charge on any atom is -0.406 e. The zero-order valence-corrected chi connectivity index (χ0v) is 12.9. The first kappa shape index (κ1) is 16.3. The van der Waals surface area contributed by atoms with Crippen LogP contribution in [0.1, 0.15) is 0 Å². The van der Waals surface area contributed by atoms with Gasteiger partial charge in [-0.15, -0.1) is 13.2 Å². The fourth-order valence-electron chi connectivity index (χ4n) is 2.25. The van der Waals surface area contributed by atoms with Gasteiger partial charge in [0.2, 0.25) is 0 Å². The Morgan fingerprint density at radius 3 is 2.17 bits per heavy atom. The Balaban J connectivity index is 1.97. The van der Waals surface area contributed by atoms with Crippen LogP contribution in [0.5, 0.6) is 5.75 Å². The van der Waals surface area contributed by atoms with Crippen LogP contribution < -0.4 is 4.74 Å². The van der Waals surface area contributed by atoms with Crippen molar-refractivity contribution < 1.29 is 17.9 Å².